The zero-order chi connectivity index (χ0) is 23.8. The first-order valence-electron chi connectivity index (χ1n) is 11.6. The maximum Gasteiger partial charge on any atom is 0.245 e. The van der Waals surface area contributed by atoms with Crippen LogP contribution in [0.15, 0.2) is 0 Å². The van der Waals surface area contributed by atoms with Crippen molar-refractivity contribution in [2.45, 2.75) is 96.9 Å². The zero-order valence-corrected chi connectivity index (χ0v) is 19.8. The molecule has 0 aromatic carbocycles. The summed E-state index contributed by atoms with van der Waals surface area (Å²) >= 11 is 0. The first-order chi connectivity index (χ1) is 14.7. The van der Waals surface area contributed by atoms with Crippen molar-refractivity contribution in [2.75, 3.05) is 19.6 Å². The minimum atomic E-state index is -1.18. The molecule has 0 aliphatic heterocycles. The van der Waals surface area contributed by atoms with Gasteiger partial charge < -0.3 is 32.5 Å². The van der Waals surface area contributed by atoms with Gasteiger partial charge in [-0.1, -0.05) is 39.5 Å². The van der Waals surface area contributed by atoms with Crippen molar-refractivity contribution in [3.8, 4) is 0 Å². The summed E-state index contributed by atoms with van der Waals surface area (Å²) in [4.78, 5) is 37.0. The molecule has 0 aliphatic rings. The molecule has 9 nitrogen and oxygen atoms in total. The van der Waals surface area contributed by atoms with Gasteiger partial charge in [-0.15, -0.1) is 0 Å². The van der Waals surface area contributed by atoms with Crippen molar-refractivity contribution in [1.29, 1.82) is 0 Å². The van der Waals surface area contributed by atoms with Gasteiger partial charge in [-0.2, -0.15) is 0 Å². The van der Waals surface area contributed by atoms with Crippen LogP contribution in [-0.2, 0) is 14.4 Å². The molecular formula is C22H45N5O4. The lowest BCUT2D eigenvalue weighted by atomic mass is 10.0. The lowest BCUT2D eigenvalue weighted by Gasteiger charge is -2.26. The molecule has 2 amide bonds. The van der Waals surface area contributed by atoms with Crippen LogP contribution in [0, 0.1) is 5.92 Å². The van der Waals surface area contributed by atoms with Crippen molar-refractivity contribution in [2.24, 2.45) is 17.4 Å². The van der Waals surface area contributed by atoms with Gasteiger partial charge in [0.25, 0.3) is 0 Å². The van der Waals surface area contributed by atoms with E-state index in [1.807, 2.05) is 0 Å². The number of hydrogen-bond donors (Lipinski definition) is 6. The second-order valence-electron chi connectivity index (χ2n) is 8.42. The van der Waals surface area contributed by atoms with Crippen LogP contribution in [0.1, 0.15) is 72.6 Å². The van der Waals surface area contributed by atoms with Crippen molar-refractivity contribution in [1.82, 2.24) is 16.0 Å². The molecule has 0 aliphatic carbocycles. The van der Waals surface area contributed by atoms with E-state index in [0.717, 1.165) is 25.2 Å². The maximum absolute atomic E-state index is 12.7. The molecule has 0 aromatic heterocycles. The summed E-state index contributed by atoms with van der Waals surface area (Å²) in [7, 11) is 0. The van der Waals surface area contributed by atoms with E-state index in [9.17, 15) is 19.5 Å². The van der Waals surface area contributed by atoms with E-state index in [4.69, 9.17) is 11.5 Å². The largest absolute Gasteiger partial charge is 0.391 e. The molecule has 8 N–H and O–H groups in total. The van der Waals surface area contributed by atoms with Gasteiger partial charge in [0.2, 0.25) is 11.8 Å². The lowest BCUT2D eigenvalue weighted by Crippen LogP contribution is -2.58. The number of nitrogens with one attached hydrogen (secondary N) is 3. The van der Waals surface area contributed by atoms with E-state index in [-0.39, 0.29) is 18.7 Å². The average Bonchev–Trinajstić information content (AvgIpc) is 2.72. The van der Waals surface area contributed by atoms with Gasteiger partial charge in [0.1, 0.15) is 6.04 Å². The van der Waals surface area contributed by atoms with Crippen molar-refractivity contribution >= 4 is 17.6 Å². The Morgan fingerprint density at radius 3 is 2.00 bits per heavy atom. The third kappa shape index (κ3) is 12.8. The molecular weight excluding hydrogens is 398 g/mol. The van der Waals surface area contributed by atoms with Crippen LogP contribution in [0.5, 0.6) is 0 Å². The molecule has 0 aromatic rings. The third-order valence-corrected chi connectivity index (χ3v) is 5.56. The summed E-state index contributed by atoms with van der Waals surface area (Å²) in [5, 5.41) is 18.4. The minimum absolute atomic E-state index is 0.231. The number of amides is 2. The molecule has 9 heteroatoms. The van der Waals surface area contributed by atoms with E-state index < -0.39 is 36.0 Å². The number of hydrogen-bond acceptors (Lipinski definition) is 7. The average molecular weight is 444 g/mol. The highest BCUT2D eigenvalue weighted by molar-refractivity contribution is 5.93. The Hall–Kier alpha value is -1.55. The highest BCUT2D eigenvalue weighted by Crippen LogP contribution is 2.12. The van der Waals surface area contributed by atoms with Gasteiger partial charge in [-0.05, 0) is 58.7 Å². The van der Waals surface area contributed by atoms with Gasteiger partial charge in [-0.3, -0.25) is 14.4 Å². The molecule has 0 unspecified atom stereocenters. The summed E-state index contributed by atoms with van der Waals surface area (Å²) in [6.45, 7) is 8.45. The molecule has 0 radical (unpaired) electrons. The normalized spacial score (nSPS) is 16.1. The summed E-state index contributed by atoms with van der Waals surface area (Å²) < 4.78 is 0. The quantitative estimate of drug-likeness (QED) is 0.165. The Labute approximate surface area is 187 Å². The maximum atomic E-state index is 12.7. The summed E-state index contributed by atoms with van der Waals surface area (Å²) in [6, 6.07) is -2.48. The van der Waals surface area contributed by atoms with E-state index in [1.165, 1.54) is 26.7 Å². The van der Waals surface area contributed by atoms with Gasteiger partial charge in [-0.25, -0.2) is 0 Å². The SMILES string of the molecule is CC[C@H](C)CCCCCN[C@@H](CCN)C(=O)N[C@H](C(=O)N[C@@H](CCN)C(C)=O)[C@H](C)O. The number of aliphatic hydroxyl groups excluding tert-OH is 1. The van der Waals surface area contributed by atoms with Crippen molar-refractivity contribution in [3.05, 3.63) is 0 Å². The summed E-state index contributed by atoms with van der Waals surface area (Å²) in [6.07, 6.45) is 5.16. The fourth-order valence-electron chi connectivity index (χ4n) is 3.23. The monoisotopic (exact) mass is 443 g/mol. The molecule has 0 fully saturated rings. The first kappa shape index (κ1) is 29.5. The number of carbonyl (C=O) groups is 3. The summed E-state index contributed by atoms with van der Waals surface area (Å²) in [5.74, 6) is -0.511. The number of rotatable bonds is 18. The molecule has 31 heavy (non-hydrogen) atoms. The summed E-state index contributed by atoms with van der Waals surface area (Å²) in [5.41, 5.74) is 11.1. The van der Waals surface area contributed by atoms with E-state index in [2.05, 4.69) is 29.8 Å². The van der Waals surface area contributed by atoms with Gasteiger partial charge >= 0.3 is 0 Å². The first-order valence-corrected chi connectivity index (χ1v) is 11.6. The molecule has 0 bridgehead atoms. The Bertz CT molecular complexity index is 530. The zero-order valence-electron chi connectivity index (χ0n) is 19.8. The Morgan fingerprint density at radius 1 is 0.871 bits per heavy atom. The molecule has 0 saturated carbocycles. The molecule has 0 rings (SSSR count). The van der Waals surface area contributed by atoms with Crippen LogP contribution in [0.3, 0.4) is 0 Å². The standard InChI is InChI=1S/C22H45N5O4/c1-5-15(2)9-7-6-8-14-25-19(11-13-24)21(30)27-20(17(4)29)22(31)26-18(10-12-23)16(3)28/h15,17-20,25,29H,5-14,23-24H2,1-4H3,(H,26,31)(H,27,30)/t15-,17-,18-,19-,20-/m0/s1. The molecule has 0 saturated heterocycles. The number of Topliss-reactive ketones (excluding diaryl/α,β-unsaturated/α-hetero) is 1. The second kappa shape index (κ2) is 17.1. The molecule has 5 atom stereocenters. The van der Waals surface area contributed by atoms with Crippen LogP contribution in [0.2, 0.25) is 0 Å². The fraction of sp³-hybridized carbons (Fsp3) is 0.864. The van der Waals surface area contributed by atoms with E-state index in [1.54, 1.807) is 0 Å². The highest BCUT2D eigenvalue weighted by atomic mass is 16.3. The second-order valence-corrected chi connectivity index (χ2v) is 8.42. The number of unbranched alkanes of at least 4 members (excludes halogenated alkanes) is 2. The third-order valence-electron chi connectivity index (χ3n) is 5.56. The molecule has 0 spiro atoms. The van der Waals surface area contributed by atoms with E-state index >= 15 is 0 Å². The minimum Gasteiger partial charge on any atom is -0.391 e. The fourth-order valence-corrected chi connectivity index (χ4v) is 3.23. The van der Waals surface area contributed by atoms with Crippen molar-refractivity contribution in [3.63, 3.8) is 0 Å². The van der Waals surface area contributed by atoms with Crippen LogP contribution < -0.4 is 27.4 Å². The number of carbonyl (C=O) groups excluding carboxylic acids is 3. The van der Waals surface area contributed by atoms with Crippen molar-refractivity contribution < 1.29 is 19.5 Å². The lowest BCUT2D eigenvalue weighted by molar-refractivity contribution is -0.134. The molecule has 0 heterocycles. The Balaban J connectivity index is 4.76. The Kier molecular flexibility index (Phi) is 16.2. The molecule has 182 valence electrons. The van der Waals surface area contributed by atoms with E-state index in [0.29, 0.717) is 19.5 Å². The smallest absolute Gasteiger partial charge is 0.245 e. The van der Waals surface area contributed by atoms with Crippen LogP contribution in [0.25, 0.3) is 0 Å². The Morgan fingerprint density at radius 2 is 1.48 bits per heavy atom. The highest BCUT2D eigenvalue weighted by Gasteiger charge is 2.30. The van der Waals surface area contributed by atoms with Gasteiger partial charge in [0.05, 0.1) is 18.2 Å². The number of ketones is 1. The number of nitrogens with two attached hydrogens (primary N) is 2. The predicted molar refractivity (Wildman–Crippen MR) is 123 cm³/mol. The van der Waals surface area contributed by atoms with Crippen LogP contribution in [0.4, 0.5) is 0 Å². The van der Waals surface area contributed by atoms with Gasteiger partial charge in [0, 0.05) is 0 Å². The topological polar surface area (TPSA) is 160 Å². The van der Waals surface area contributed by atoms with Crippen LogP contribution >= 0.6 is 0 Å². The number of aliphatic hydroxyl groups is 1. The predicted octanol–water partition coefficient (Wildman–Crippen LogP) is 0.188. The van der Waals surface area contributed by atoms with Gasteiger partial charge in [0.15, 0.2) is 5.78 Å². The van der Waals surface area contributed by atoms with Crippen LogP contribution in [-0.4, -0.2) is 66.6 Å².